The molecule has 0 radical (unpaired) electrons. The van der Waals surface area contributed by atoms with Crippen LogP contribution < -0.4 is 23.7 Å². The highest BCUT2D eigenvalue weighted by atomic mass is 16.7. The van der Waals surface area contributed by atoms with Crippen LogP contribution in [0.4, 0.5) is 0 Å². The first-order chi connectivity index (χ1) is 24.4. The molecule has 3 aliphatic rings. The predicted molar refractivity (Wildman–Crippen MR) is 170 cm³/mol. The van der Waals surface area contributed by atoms with Gasteiger partial charge >= 0.3 is 29.8 Å². The van der Waals surface area contributed by atoms with Gasteiger partial charge in [-0.25, -0.2) is 4.79 Å². The van der Waals surface area contributed by atoms with E-state index in [2.05, 4.69) is 0 Å². The van der Waals surface area contributed by atoms with Gasteiger partial charge in [0.05, 0.1) is 19.8 Å². The van der Waals surface area contributed by atoms with Crippen LogP contribution in [0.3, 0.4) is 0 Å². The molecule has 0 aromatic heterocycles. The van der Waals surface area contributed by atoms with Crippen molar-refractivity contribution in [2.45, 2.75) is 65.0 Å². The molecular formula is C35H34O16. The van der Waals surface area contributed by atoms with Crippen molar-refractivity contribution in [3.63, 3.8) is 0 Å². The van der Waals surface area contributed by atoms with E-state index in [1.807, 2.05) is 0 Å². The van der Waals surface area contributed by atoms with Gasteiger partial charge in [0.25, 0.3) is 0 Å². The van der Waals surface area contributed by atoms with Crippen molar-refractivity contribution in [3.05, 3.63) is 41.5 Å². The van der Waals surface area contributed by atoms with Crippen molar-refractivity contribution in [1.82, 2.24) is 0 Å². The Kier molecular flexibility index (Phi) is 9.78. The summed E-state index contributed by atoms with van der Waals surface area (Å²) in [5.74, 6) is -2.03. The smallest absolute Gasteiger partial charge is 0.339 e. The van der Waals surface area contributed by atoms with E-state index >= 15 is 0 Å². The number of cyclic esters (lactones) is 1. The lowest BCUT2D eigenvalue weighted by Crippen LogP contribution is -2.63. The predicted octanol–water partition coefficient (Wildman–Crippen LogP) is 3.39. The molecule has 0 amide bonds. The van der Waals surface area contributed by atoms with Gasteiger partial charge in [-0.05, 0) is 35.2 Å². The molecule has 1 saturated heterocycles. The molecule has 16 nitrogen and oxygen atoms in total. The molecular weight excluding hydrogens is 676 g/mol. The molecule has 3 heterocycles. The highest BCUT2D eigenvalue weighted by Gasteiger charge is 2.54. The molecule has 16 heteroatoms. The summed E-state index contributed by atoms with van der Waals surface area (Å²) in [4.78, 5) is 62.5. The maximum absolute atomic E-state index is 13.5. The molecule has 3 aliphatic heterocycles. The van der Waals surface area contributed by atoms with Gasteiger partial charge in [-0.1, -0.05) is 6.07 Å². The Labute approximate surface area is 290 Å². The molecule has 0 bridgehead atoms. The maximum Gasteiger partial charge on any atom is 0.339 e. The molecule has 270 valence electrons. The second-order valence-corrected chi connectivity index (χ2v) is 11.6. The van der Waals surface area contributed by atoms with Crippen LogP contribution in [0.15, 0.2) is 30.3 Å². The first-order valence-electron chi connectivity index (χ1n) is 15.7. The number of esters is 5. The van der Waals surface area contributed by atoms with Crippen molar-refractivity contribution in [1.29, 1.82) is 0 Å². The van der Waals surface area contributed by atoms with Crippen molar-refractivity contribution in [2.24, 2.45) is 0 Å². The molecule has 51 heavy (non-hydrogen) atoms. The summed E-state index contributed by atoms with van der Waals surface area (Å²) in [6.45, 7) is 3.85. The Hall–Kier alpha value is -5.77. The summed E-state index contributed by atoms with van der Waals surface area (Å²) >= 11 is 0. The monoisotopic (exact) mass is 710 g/mol. The van der Waals surface area contributed by atoms with Crippen LogP contribution in [0, 0.1) is 0 Å². The number of hydrogen-bond donors (Lipinski definition) is 0. The average molecular weight is 711 g/mol. The highest BCUT2D eigenvalue weighted by molar-refractivity contribution is 6.14. The minimum atomic E-state index is -1.60. The third-order valence-corrected chi connectivity index (χ3v) is 8.26. The normalized spacial score (nSPS) is 21.6. The molecule has 5 atom stereocenters. The summed E-state index contributed by atoms with van der Waals surface area (Å²) < 4.78 is 62.6. The number of hydrogen-bond acceptors (Lipinski definition) is 16. The first kappa shape index (κ1) is 35.1. The Morgan fingerprint density at radius 2 is 1.35 bits per heavy atom. The molecule has 0 saturated carbocycles. The number of carbonyl (C=O) groups is 5. The minimum Gasteiger partial charge on any atom is -0.493 e. The fourth-order valence-electron chi connectivity index (χ4n) is 6.29. The zero-order valence-corrected chi connectivity index (χ0v) is 28.4. The van der Waals surface area contributed by atoms with E-state index in [1.165, 1.54) is 21.1 Å². The third-order valence-electron chi connectivity index (χ3n) is 8.26. The Morgan fingerprint density at radius 3 is 2.00 bits per heavy atom. The lowest BCUT2D eigenvalue weighted by Gasteiger charge is -2.44. The van der Waals surface area contributed by atoms with Gasteiger partial charge in [0.1, 0.15) is 25.1 Å². The van der Waals surface area contributed by atoms with Gasteiger partial charge in [0, 0.05) is 44.2 Å². The second-order valence-electron chi connectivity index (χ2n) is 11.6. The molecule has 3 aromatic carbocycles. The summed E-state index contributed by atoms with van der Waals surface area (Å²) in [5.41, 5.74) is 1.52. The summed E-state index contributed by atoms with van der Waals surface area (Å²) in [6.07, 6.45) is -7.31. The number of fused-ring (bicyclic) bond motifs is 3. The van der Waals surface area contributed by atoms with Crippen molar-refractivity contribution >= 4 is 40.6 Å². The quantitative estimate of drug-likeness (QED) is 0.220. The third kappa shape index (κ3) is 6.86. The van der Waals surface area contributed by atoms with E-state index in [9.17, 15) is 24.0 Å². The van der Waals surface area contributed by atoms with Crippen LogP contribution in [0.25, 0.3) is 21.9 Å². The lowest BCUT2D eigenvalue weighted by atomic mass is 9.89. The average Bonchev–Trinajstić information content (AvgIpc) is 3.71. The van der Waals surface area contributed by atoms with E-state index in [1.54, 1.807) is 30.3 Å². The standard InChI is InChI=1S/C35H34O16/c1-15(36)43-13-27-31(47-16(2)37)32(48-17(3)38)33(49-18(4)39)35(50-27)51-30-21-11-25(42-6)24(41-5)10-20(21)28(29-22(30)12-44-34(29)40)19-7-8-23-26(9-19)46-14-45-23/h7-11,27,31-33,35H,12-14H2,1-6H3. The SMILES string of the molecule is COc1cc2c(OC3OC(COC(C)=O)C(OC(C)=O)C(OC(C)=O)C3OC(C)=O)c3c(c(-c4ccc5c(c4)OCO5)c2cc1OC)C(=O)OC3. The molecule has 6 rings (SSSR count). The fourth-order valence-corrected chi connectivity index (χ4v) is 6.29. The van der Waals surface area contributed by atoms with E-state index < -0.39 is 67.2 Å². The van der Waals surface area contributed by atoms with E-state index in [4.69, 9.17) is 52.1 Å². The topological polar surface area (TPSA) is 187 Å². The zero-order valence-electron chi connectivity index (χ0n) is 28.4. The van der Waals surface area contributed by atoms with E-state index in [-0.39, 0.29) is 24.7 Å². The van der Waals surface area contributed by atoms with Crippen LogP contribution >= 0.6 is 0 Å². The van der Waals surface area contributed by atoms with Gasteiger partial charge < -0.3 is 52.1 Å². The summed E-state index contributed by atoms with van der Waals surface area (Å²) in [6, 6.07) is 8.53. The highest BCUT2D eigenvalue weighted by Crippen LogP contribution is 2.50. The Morgan fingerprint density at radius 1 is 0.725 bits per heavy atom. The zero-order chi connectivity index (χ0) is 36.6. The van der Waals surface area contributed by atoms with Crippen LogP contribution in [-0.4, -0.2) is 88.2 Å². The van der Waals surface area contributed by atoms with Crippen molar-refractivity contribution in [3.8, 4) is 39.9 Å². The molecule has 1 fully saturated rings. The van der Waals surface area contributed by atoms with Gasteiger partial charge in [0.15, 0.2) is 35.2 Å². The first-order valence-corrected chi connectivity index (χ1v) is 15.7. The molecule has 5 unspecified atom stereocenters. The Balaban J connectivity index is 1.57. The maximum atomic E-state index is 13.5. The number of carbonyl (C=O) groups excluding carboxylic acids is 5. The molecule has 0 spiro atoms. The van der Waals surface area contributed by atoms with Crippen LogP contribution in [-0.2, 0) is 54.2 Å². The van der Waals surface area contributed by atoms with Gasteiger partial charge in [-0.3, -0.25) is 19.2 Å². The summed E-state index contributed by atoms with van der Waals surface area (Å²) in [5, 5.41) is 0.856. The Bertz CT molecular complexity index is 1920. The summed E-state index contributed by atoms with van der Waals surface area (Å²) in [7, 11) is 2.91. The second kappa shape index (κ2) is 14.2. The van der Waals surface area contributed by atoms with Gasteiger partial charge in [-0.15, -0.1) is 0 Å². The van der Waals surface area contributed by atoms with Crippen LogP contribution in [0.5, 0.6) is 28.7 Å². The molecule has 3 aromatic rings. The largest absolute Gasteiger partial charge is 0.493 e. The van der Waals surface area contributed by atoms with Crippen LogP contribution in [0.2, 0.25) is 0 Å². The number of rotatable bonds is 10. The van der Waals surface area contributed by atoms with Gasteiger partial charge in [-0.2, -0.15) is 0 Å². The molecule has 0 aliphatic carbocycles. The van der Waals surface area contributed by atoms with E-state index in [0.717, 1.165) is 20.8 Å². The number of methoxy groups -OCH3 is 2. The van der Waals surface area contributed by atoms with Crippen LogP contribution in [0.1, 0.15) is 43.6 Å². The molecule has 0 N–H and O–H groups in total. The lowest BCUT2D eigenvalue weighted by molar-refractivity contribution is -0.288. The minimum absolute atomic E-state index is 0.0352. The van der Waals surface area contributed by atoms with E-state index in [0.29, 0.717) is 50.5 Å². The fraction of sp³-hybridized carbons (Fsp3) is 0.400. The number of benzene rings is 3. The van der Waals surface area contributed by atoms with Crippen molar-refractivity contribution in [2.75, 3.05) is 27.6 Å². The van der Waals surface area contributed by atoms with Crippen molar-refractivity contribution < 1.29 is 76.1 Å². The van der Waals surface area contributed by atoms with Gasteiger partial charge in [0.2, 0.25) is 19.2 Å². The number of ether oxygens (including phenoxy) is 11.